The summed E-state index contributed by atoms with van der Waals surface area (Å²) < 4.78 is 11.6. The number of aliphatic hydroxyl groups is 1. The Hall–Kier alpha value is -3.68. The standard InChI is InChI=1S/C29H30N4O3/c1-19-31-32-29(36-19)27-16-25-26(30-27)7-4-8-28(25)35-18-24(34)17-33-13-11-21(12-14-33)23-10-9-20-5-2-3-6-22(20)15-23/h2-10,15-16,21,24,30,34H,11-14,17-18H2,1H3. The molecule has 1 aliphatic rings. The first-order valence-corrected chi connectivity index (χ1v) is 12.6. The first kappa shape index (κ1) is 22.8. The fraction of sp³-hybridized carbons (Fsp3) is 0.310. The van der Waals surface area contributed by atoms with Gasteiger partial charge in [0.1, 0.15) is 24.2 Å². The first-order valence-electron chi connectivity index (χ1n) is 12.6. The van der Waals surface area contributed by atoms with Crippen molar-refractivity contribution in [1.29, 1.82) is 0 Å². The molecule has 0 amide bonds. The molecule has 7 nitrogen and oxygen atoms in total. The van der Waals surface area contributed by atoms with E-state index in [1.54, 1.807) is 6.92 Å². The van der Waals surface area contributed by atoms with Crippen molar-refractivity contribution in [3.05, 3.63) is 78.2 Å². The fourth-order valence-corrected chi connectivity index (χ4v) is 5.22. The molecule has 7 heteroatoms. The minimum Gasteiger partial charge on any atom is -0.490 e. The summed E-state index contributed by atoms with van der Waals surface area (Å²) in [5, 5.41) is 22.2. The van der Waals surface area contributed by atoms with Gasteiger partial charge in [0.15, 0.2) is 0 Å². The van der Waals surface area contributed by atoms with E-state index < -0.39 is 6.10 Å². The van der Waals surface area contributed by atoms with Crippen LogP contribution in [-0.4, -0.2) is 57.5 Å². The monoisotopic (exact) mass is 482 g/mol. The number of hydrogen-bond donors (Lipinski definition) is 2. The highest BCUT2D eigenvalue weighted by atomic mass is 16.5. The lowest BCUT2D eigenvalue weighted by Gasteiger charge is -2.33. The van der Waals surface area contributed by atoms with Crippen molar-refractivity contribution < 1.29 is 14.3 Å². The van der Waals surface area contributed by atoms with Gasteiger partial charge in [0.2, 0.25) is 5.89 Å². The summed E-state index contributed by atoms with van der Waals surface area (Å²) in [6, 6.07) is 23.2. The lowest BCUT2D eigenvalue weighted by Crippen LogP contribution is -2.40. The number of nitrogens with one attached hydrogen (secondary N) is 1. The van der Waals surface area contributed by atoms with Crippen molar-refractivity contribution >= 4 is 21.7 Å². The van der Waals surface area contributed by atoms with Gasteiger partial charge in [-0.3, -0.25) is 0 Å². The molecule has 1 atom stereocenters. The molecule has 2 aromatic heterocycles. The van der Waals surface area contributed by atoms with Crippen LogP contribution in [0.4, 0.5) is 0 Å². The number of hydrogen-bond acceptors (Lipinski definition) is 6. The lowest BCUT2D eigenvalue weighted by atomic mass is 9.88. The van der Waals surface area contributed by atoms with Gasteiger partial charge in [0.05, 0.1) is 0 Å². The van der Waals surface area contributed by atoms with Crippen LogP contribution >= 0.6 is 0 Å². The van der Waals surface area contributed by atoms with Crippen molar-refractivity contribution in [2.45, 2.75) is 31.8 Å². The Morgan fingerprint density at radius 3 is 2.67 bits per heavy atom. The zero-order chi connectivity index (χ0) is 24.5. The molecule has 1 aliphatic heterocycles. The second-order valence-electron chi connectivity index (χ2n) is 9.67. The van der Waals surface area contributed by atoms with Gasteiger partial charge in [-0.1, -0.05) is 48.5 Å². The van der Waals surface area contributed by atoms with Crippen LogP contribution in [0.5, 0.6) is 5.75 Å². The third-order valence-corrected chi connectivity index (χ3v) is 7.11. The molecule has 184 valence electrons. The number of piperidine rings is 1. The predicted molar refractivity (Wildman–Crippen MR) is 140 cm³/mol. The molecule has 1 saturated heterocycles. The number of ether oxygens (including phenoxy) is 1. The van der Waals surface area contributed by atoms with Gasteiger partial charge in [0.25, 0.3) is 5.89 Å². The number of nitrogens with zero attached hydrogens (tertiary/aromatic N) is 3. The molecule has 2 N–H and O–H groups in total. The Morgan fingerprint density at radius 2 is 1.86 bits per heavy atom. The summed E-state index contributed by atoms with van der Waals surface area (Å²) in [4.78, 5) is 5.64. The van der Waals surface area contributed by atoms with Gasteiger partial charge in [-0.2, -0.15) is 0 Å². The smallest absolute Gasteiger partial charge is 0.264 e. The minimum atomic E-state index is -0.561. The van der Waals surface area contributed by atoms with E-state index >= 15 is 0 Å². The number of aromatic nitrogens is 3. The maximum Gasteiger partial charge on any atom is 0.264 e. The highest BCUT2D eigenvalue weighted by Gasteiger charge is 2.23. The van der Waals surface area contributed by atoms with Crippen LogP contribution in [0, 0.1) is 6.92 Å². The SMILES string of the molecule is Cc1nnc(-c2cc3c(OCC(O)CN4CCC(c5ccc6ccccc6c5)CC4)cccc3[nH]2)o1. The number of aryl methyl sites for hydroxylation is 1. The summed E-state index contributed by atoms with van der Waals surface area (Å²) in [5.74, 6) is 2.26. The molecule has 3 heterocycles. The van der Waals surface area contributed by atoms with Gasteiger partial charge in [0, 0.05) is 24.4 Å². The second-order valence-corrected chi connectivity index (χ2v) is 9.67. The molecule has 36 heavy (non-hydrogen) atoms. The molecule has 0 radical (unpaired) electrons. The van der Waals surface area contributed by atoms with E-state index in [0.29, 0.717) is 24.2 Å². The summed E-state index contributed by atoms with van der Waals surface area (Å²) in [6.45, 7) is 4.58. The van der Waals surface area contributed by atoms with Gasteiger partial charge in [-0.15, -0.1) is 10.2 Å². The van der Waals surface area contributed by atoms with E-state index in [9.17, 15) is 5.11 Å². The molecule has 1 fully saturated rings. The van der Waals surface area contributed by atoms with Crippen LogP contribution in [0.2, 0.25) is 0 Å². The van der Waals surface area contributed by atoms with Crippen LogP contribution < -0.4 is 4.74 Å². The number of rotatable bonds is 7. The molecular weight excluding hydrogens is 452 g/mol. The largest absolute Gasteiger partial charge is 0.490 e. The van der Waals surface area contributed by atoms with Crippen molar-refractivity contribution in [3.63, 3.8) is 0 Å². The number of fused-ring (bicyclic) bond motifs is 2. The quantitative estimate of drug-likeness (QED) is 0.327. The Balaban J connectivity index is 1.04. The van der Waals surface area contributed by atoms with Gasteiger partial charge in [-0.05, 0) is 66.4 Å². The number of benzene rings is 3. The summed E-state index contributed by atoms with van der Waals surface area (Å²) in [6.07, 6.45) is 1.65. The van der Waals surface area contributed by atoms with E-state index in [1.165, 1.54) is 16.3 Å². The highest BCUT2D eigenvalue weighted by molar-refractivity contribution is 5.90. The van der Waals surface area contributed by atoms with Crippen LogP contribution in [0.25, 0.3) is 33.3 Å². The van der Waals surface area contributed by atoms with Crippen molar-refractivity contribution in [2.24, 2.45) is 0 Å². The number of H-pyrrole nitrogens is 1. The highest BCUT2D eigenvalue weighted by Crippen LogP contribution is 2.32. The molecule has 0 aliphatic carbocycles. The van der Waals surface area contributed by atoms with E-state index in [0.717, 1.165) is 48.3 Å². The van der Waals surface area contributed by atoms with Crippen LogP contribution in [0.15, 0.2) is 71.1 Å². The Bertz CT molecular complexity index is 1480. The third kappa shape index (κ3) is 4.72. The lowest BCUT2D eigenvalue weighted by molar-refractivity contribution is 0.0599. The molecule has 5 aromatic rings. The molecule has 6 rings (SSSR count). The van der Waals surface area contributed by atoms with Crippen LogP contribution in [-0.2, 0) is 0 Å². The number of likely N-dealkylation sites (tertiary alicyclic amines) is 1. The average molecular weight is 483 g/mol. The summed E-state index contributed by atoms with van der Waals surface area (Å²) in [7, 11) is 0. The van der Waals surface area contributed by atoms with Crippen molar-refractivity contribution in [1.82, 2.24) is 20.1 Å². The normalized spacial score (nSPS) is 16.1. The van der Waals surface area contributed by atoms with E-state index in [1.807, 2.05) is 24.3 Å². The van der Waals surface area contributed by atoms with Crippen LogP contribution in [0.3, 0.4) is 0 Å². The summed E-state index contributed by atoms with van der Waals surface area (Å²) in [5.41, 5.74) is 3.09. The topological polar surface area (TPSA) is 87.4 Å². The zero-order valence-corrected chi connectivity index (χ0v) is 20.4. The van der Waals surface area contributed by atoms with E-state index in [-0.39, 0.29) is 6.61 Å². The first-order chi connectivity index (χ1) is 17.6. The summed E-state index contributed by atoms with van der Waals surface area (Å²) >= 11 is 0. The molecular formula is C29H30N4O3. The number of aliphatic hydroxyl groups excluding tert-OH is 1. The Kier molecular flexibility index (Phi) is 6.17. The van der Waals surface area contributed by atoms with Crippen LogP contribution in [0.1, 0.15) is 30.2 Å². The number of aromatic amines is 1. The van der Waals surface area contributed by atoms with Gasteiger partial charge < -0.3 is 24.1 Å². The molecule has 3 aromatic carbocycles. The number of β-amino-alcohol motifs (C(OH)–C–C–N with tert-alkyl or cyclic N) is 1. The predicted octanol–water partition coefficient (Wildman–Crippen LogP) is 5.30. The Labute approximate surface area is 209 Å². The van der Waals surface area contributed by atoms with E-state index in [4.69, 9.17) is 9.15 Å². The van der Waals surface area contributed by atoms with E-state index in [2.05, 4.69) is 62.5 Å². The second kappa shape index (κ2) is 9.76. The van der Waals surface area contributed by atoms with Gasteiger partial charge in [-0.25, -0.2) is 0 Å². The molecule has 0 bridgehead atoms. The molecule has 1 unspecified atom stereocenters. The fourth-order valence-electron chi connectivity index (χ4n) is 5.22. The maximum absolute atomic E-state index is 10.7. The molecule has 0 spiro atoms. The Morgan fingerprint density at radius 1 is 1.03 bits per heavy atom. The maximum atomic E-state index is 10.7. The van der Waals surface area contributed by atoms with Crippen molar-refractivity contribution in [2.75, 3.05) is 26.2 Å². The average Bonchev–Trinajstić information content (AvgIpc) is 3.54. The van der Waals surface area contributed by atoms with Crippen molar-refractivity contribution in [3.8, 4) is 17.3 Å². The van der Waals surface area contributed by atoms with Gasteiger partial charge >= 0.3 is 0 Å². The zero-order valence-electron chi connectivity index (χ0n) is 20.4. The third-order valence-electron chi connectivity index (χ3n) is 7.11. The minimum absolute atomic E-state index is 0.240. The molecule has 0 saturated carbocycles.